The number of hydrogen-bond donors (Lipinski definition) is 1. The number of benzene rings is 1. The standard InChI is InChI=1S/C20H24N4O5/c1-3-29-20(27)23-9-8-16-15(12-23)10-19(26)24(22-16)13-18(25)21-11-14-6-4-5-7-17(14)28-2/h4-7,10H,3,8-9,11-13H2,1-2H3,(H,21,25). The van der Waals surface area contributed by atoms with Gasteiger partial charge < -0.3 is 19.7 Å². The van der Waals surface area contributed by atoms with Crippen LogP contribution in [0.4, 0.5) is 4.79 Å². The van der Waals surface area contributed by atoms with Crippen molar-refractivity contribution in [1.82, 2.24) is 20.0 Å². The highest BCUT2D eigenvalue weighted by molar-refractivity contribution is 5.75. The number of carbonyl (C=O) groups excluding carboxylic acids is 2. The third-order valence-electron chi connectivity index (χ3n) is 4.63. The van der Waals surface area contributed by atoms with E-state index in [1.807, 2.05) is 24.3 Å². The number of hydrogen-bond acceptors (Lipinski definition) is 6. The second-order valence-corrected chi connectivity index (χ2v) is 6.57. The molecule has 1 aromatic carbocycles. The average molecular weight is 400 g/mol. The van der Waals surface area contributed by atoms with E-state index in [0.29, 0.717) is 36.6 Å². The van der Waals surface area contributed by atoms with Crippen LogP contribution in [-0.4, -0.2) is 46.9 Å². The quantitative estimate of drug-likeness (QED) is 0.779. The van der Waals surface area contributed by atoms with Crippen molar-refractivity contribution in [3.63, 3.8) is 0 Å². The summed E-state index contributed by atoms with van der Waals surface area (Å²) >= 11 is 0. The summed E-state index contributed by atoms with van der Waals surface area (Å²) in [6.45, 7) is 2.88. The van der Waals surface area contributed by atoms with Crippen LogP contribution in [0.15, 0.2) is 35.1 Å². The van der Waals surface area contributed by atoms with Crippen molar-refractivity contribution in [3.8, 4) is 5.75 Å². The zero-order chi connectivity index (χ0) is 20.8. The molecule has 0 atom stereocenters. The average Bonchev–Trinajstić information content (AvgIpc) is 2.72. The number of carbonyl (C=O) groups is 2. The van der Waals surface area contributed by atoms with Gasteiger partial charge in [0.15, 0.2) is 0 Å². The van der Waals surface area contributed by atoms with E-state index in [9.17, 15) is 14.4 Å². The summed E-state index contributed by atoms with van der Waals surface area (Å²) in [5.74, 6) is 0.359. The summed E-state index contributed by atoms with van der Waals surface area (Å²) in [5, 5.41) is 7.10. The van der Waals surface area contributed by atoms with E-state index in [1.54, 1.807) is 14.0 Å². The van der Waals surface area contributed by atoms with Crippen LogP contribution in [0.3, 0.4) is 0 Å². The molecule has 1 N–H and O–H groups in total. The summed E-state index contributed by atoms with van der Waals surface area (Å²) in [4.78, 5) is 38.1. The van der Waals surface area contributed by atoms with E-state index in [2.05, 4.69) is 10.4 Å². The molecule has 0 saturated carbocycles. The molecule has 1 aliphatic heterocycles. The lowest BCUT2D eigenvalue weighted by Gasteiger charge is -2.27. The minimum atomic E-state index is -0.405. The zero-order valence-corrected chi connectivity index (χ0v) is 16.5. The Labute approximate surface area is 168 Å². The molecule has 29 heavy (non-hydrogen) atoms. The third-order valence-corrected chi connectivity index (χ3v) is 4.63. The van der Waals surface area contributed by atoms with E-state index in [4.69, 9.17) is 9.47 Å². The van der Waals surface area contributed by atoms with Crippen LogP contribution >= 0.6 is 0 Å². The molecule has 0 fully saturated rings. The number of rotatable bonds is 6. The fourth-order valence-electron chi connectivity index (χ4n) is 3.16. The van der Waals surface area contributed by atoms with Gasteiger partial charge in [-0.1, -0.05) is 18.2 Å². The van der Waals surface area contributed by atoms with E-state index in [1.165, 1.54) is 11.0 Å². The monoisotopic (exact) mass is 400 g/mol. The molecule has 0 spiro atoms. The summed E-state index contributed by atoms with van der Waals surface area (Å²) < 4.78 is 11.4. The van der Waals surface area contributed by atoms with Gasteiger partial charge in [-0.3, -0.25) is 9.59 Å². The van der Waals surface area contributed by atoms with Gasteiger partial charge in [0.25, 0.3) is 5.56 Å². The molecule has 9 heteroatoms. The fraction of sp³-hybridized carbons (Fsp3) is 0.400. The minimum absolute atomic E-state index is 0.178. The number of fused-ring (bicyclic) bond motifs is 1. The number of ether oxygens (including phenoxy) is 2. The van der Waals surface area contributed by atoms with Crippen LogP contribution < -0.4 is 15.6 Å². The number of nitrogens with one attached hydrogen (secondary N) is 1. The molecule has 0 saturated heterocycles. The van der Waals surface area contributed by atoms with Gasteiger partial charge in [-0.05, 0) is 13.0 Å². The third kappa shape index (κ3) is 4.92. The first-order valence-electron chi connectivity index (χ1n) is 9.42. The Morgan fingerprint density at radius 3 is 2.83 bits per heavy atom. The largest absolute Gasteiger partial charge is 0.496 e. The minimum Gasteiger partial charge on any atom is -0.496 e. The van der Waals surface area contributed by atoms with Crippen molar-refractivity contribution in [2.75, 3.05) is 20.3 Å². The second kappa shape index (κ2) is 9.22. The van der Waals surface area contributed by atoms with E-state index >= 15 is 0 Å². The highest BCUT2D eigenvalue weighted by Gasteiger charge is 2.24. The Bertz CT molecular complexity index is 956. The maximum atomic E-state index is 12.4. The van der Waals surface area contributed by atoms with Crippen molar-refractivity contribution in [2.24, 2.45) is 0 Å². The Morgan fingerprint density at radius 2 is 2.07 bits per heavy atom. The molecule has 154 valence electrons. The summed E-state index contributed by atoms with van der Waals surface area (Å²) in [7, 11) is 1.57. The number of nitrogens with zero attached hydrogens (tertiary/aromatic N) is 3. The zero-order valence-electron chi connectivity index (χ0n) is 16.5. The predicted octanol–water partition coefficient (Wildman–Crippen LogP) is 1.08. The maximum Gasteiger partial charge on any atom is 0.410 e. The van der Waals surface area contributed by atoms with Crippen molar-refractivity contribution in [2.45, 2.75) is 33.0 Å². The molecular weight excluding hydrogens is 376 g/mol. The van der Waals surface area contributed by atoms with Crippen LogP contribution in [0.25, 0.3) is 0 Å². The molecular formula is C20H24N4O5. The molecule has 1 aromatic heterocycles. The van der Waals surface area contributed by atoms with Gasteiger partial charge in [0.05, 0.1) is 26.0 Å². The number of para-hydroxylation sites is 1. The number of aromatic nitrogens is 2. The summed E-state index contributed by atoms with van der Waals surface area (Å²) in [5.41, 5.74) is 1.85. The summed E-state index contributed by atoms with van der Waals surface area (Å²) in [6.07, 6.45) is 0.0927. The molecule has 2 aromatic rings. The lowest BCUT2D eigenvalue weighted by molar-refractivity contribution is -0.122. The SMILES string of the molecule is CCOC(=O)N1CCc2nn(CC(=O)NCc3ccccc3OC)c(=O)cc2C1. The second-order valence-electron chi connectivity index (χ2n) is 6.57. The van der Waals surface area contributed by atoms with Crippen LogP contribution in [-0.2, 0) is 35.6 Å². The molecule has 0 unspecified atom stereocenters. The van der Waals surface area contributed by atoms with Gasteiger partial charge in [-0.25, -0.2) is 9.48 Å². The highest BCUT2D eigenvalue weighted by Crippen LogP contribution is 2.17. The van der Waals surface area contributed by atoms with Gasteiger partial charge in [-0.2, -0.15) is 5.10 Å². The molecule has 0 bridgehead atoms. The van der Waals surface area contributed by atoms with E-state index in [-0.39, 0.29) is 31.1 Å². The first-order valence-corrected chi connectivity index (χ1v) is 9.42. The lowest BCUT2D eigenvalue weighted by Crippen LogP contribution is -2.40. The molecule has 0 radical (unpaired) electrons. The van der Waals surface area contributed by atoms with Gasteiger partial charge in [0, 0.05) is 36.7 Å². The predicted molar refractivity (Wildman–Crippen MR) is 104 cm³/mol. The first kappa shape index (κ1) is 20.4. The van der Waals surface area contributed by atoms with Crippen LogP contribution in [0, 0.1) is 0 Å². The normalized spacial score (nSPS) is 12.8. The Morgan fingerprint density at radius 1 is 1.28 bits per heavy atom. The Kier molecular flexibility index (Phi) is 6.48. The van der Waals surface area contributed by atoms with Crippen molar-refractivity contribution >= 4 is 12.0 Å². The van der Waals surface area contributed by atoms with Crippen molar-refractivity contribution < 1.29 is 19.1 Å². The molecule has 2 heterocycles. The van der Waals surface area contributed by atoms with Gasteiger partial charge in [-0.15, -0.1) is 0 Å². The first-order chi connectivity index (χ1) is 14.0. The van der Waals surface area contributed by atoms with Gasteiger partial charge >= 0.3 is 6.09 Å². The van der Waals surface area contributed by atoms with E-state index in [0.717, 1.165) is 10.2 Å². The van der Waals surface area contributed by atoms with Crippen LogP contribution in [0.5, 0.6) is 5.75 Å². The van der Waals surface area contributed by atoms with Crippen molar-refractivity contribution in [3.05, 3.63) is 57.5 Å². The Hall–Kier alpha value is -3.36. The lowest BCUT2D eigenvalue weighted by atomic mass is 10.1. The van der Waals surface area contributed by atoms with Gasteiger partial charge in [0.1, 0.15) is 12.3 Å². The van der Waals surface area contributed by atoms with Crippen molar-refractivity contribution in [1.29, 1.82) is 0 Å². The number of amides is 2. The maximum absolute atomic E-state index is 12.4. The Balaban J connectivity index is 1.64. The van der Waals surface area contributed by atoms with E-state index < -0.39 is 6.09 Å². The topological polar surface area (TPSA) is 103 Å². The number of methoxy groups -OCH3 is 1. The molecule has 1 aliphatic rings. The highest BCUT2D eigenvalue weighted by atomic mass is 16.6. The molecule has 2 amide bonds. The van der Waals surface area contributed by atoms with Crippen LogP contribution in [0.1, 0.15) is 23.7 Å². The molecule has 9 nitrogen and oxygen atoms in total. The fourth-order valence-corrected chi connectivity index (χ4v) is 3.16. The molecule has 0 aliphatic carbocycles. The van der Waals surface area contributed by atoms with Gasteiger partial charge in [0.2, 0.25) is 5.91 Å². The smallest absolute Gasteiger partial charge is 0.410 e. The van der Waals surface area contributed by atoms with Crippen LogP contribution in [0.2, 0.25) is 0 Å². The summed E-state index contributed by atoms with van der Waals surface area (Å²) in [6, 6.07) is 8.82. The molecule has 3 rings (SSSR count).